The molecule has 1 amide bonds. The number of para-hydroxylation sites is 1. The van der Waals surface area contributed by atoms with Crippen molar-refractivity contribution in [3.8, 4) is 0 Å². The Balaban J connectivity index is 1.96. The lowest BCUT2D eigenvalue weighted by Gasteiger charge is -2.38. The molecular weight excluding hydrogens is 312 g/mol. The molecular formula is C21H26N2O2. The SMILES string of the molecule is COCCN1C(=O)c2ccccc2N[C@@H]1c1ccc(C(C)(C)C)cc1. The molecule has 1 atom stereocenters. The highest BCUT2D eigenvalue weighted by Crippen LogP contribution is 2.33. The fraction of sp³-hybridized carbons (Fsp3) is 0.381. The molecule has 4 nitrogen and oxygen atoms in total. The molecule has 0 aliphatic carbocycles. The smallest absolute Gasteiger partial charge is 0.257 e. The van der Waals surface area contributed by atoms with E-state index in [2.05, 4.69) is 50.4 Å². The zero-order chi connectivity index (χ0) is 18.0. The molecule has 1 N–H and O–H groups in total. The van der Waals surface area contributed by atoms with E-state index in [9.17, 15) is 4.79 Å². The number of nitrogens with one attached hydrogen (secondary N) is 1. The molecule has 0 bridgehead atoms. The van der Waals surface area contributed by atoms with Gasteiger partial charge in [-0.15, -0.1) is 0 Å². The first-order chi connectivity index (χ1) is 11.9. The summed E-state index contributed by atoms with van der Waals surface area (Å²) in [6, 6.07) is 16.2. The summed E-state index contributed by atoms with van der Waals surface area (Å²) in [5.41, 5.74) is 4.05. The highest BCUT2D eigenvalue weighted by Gasteiger charge is 2.32. The van der Waals surface area contributed by atoms with Gasteiger partial charge < -0.3 is 15.0 Å². The van der Waals surface area contributed by atoms with E-state index < -0.39 is 0 Å². The maximum Gasteiger partial charge on any atom is 0.257 e. The number of hydrogen-bond donors (Lipinski definition) is 1. The van der Waals surface area contributed by atoms with E-state index in [4.69, 9.17) is 4.74 Å². The van der Waals surface area contributed by atoms with Crippen LogP contribution in [0.15, 0.2) is 48.5 Å². The van der Waals surface area contributed by atoms with Crippen LogP contribution in [-0.2, 0) is 10.2 Å². The predicted octanol–water partition coefficient (Wildman–Crippen LogP) is 4.20. The minimum atomic E-state index is -0.188. The topological polar surface area (TPSA) is 41.6 Å². The van der Waals surface area contributed by atoms with Gasteiger partial charge >= 0.3 is 0 Å². The number of amides is 1. The molecule has 0 radical (unpaired) electrons. The van der Waals surface area contributed by atoms with E-state index in [1.54, 1.807) is 7.11 Å². The first kappa shape index (κ1) is 17.5. The molecule has 0 fully saturated rings. The lowest BCUT2D eigenvalue weighted by Crippen LogP contribution is -2.44. The van der Waals surface area contributed by atoms with Crippen molar-refractivity contribution in [1.29, 1.82) is 0 Å². The van der Waals surface area contributed by atoms with Gasteiger partial charge in [-0.2, -0.15) is 0 Å². The van der Waals surface area contributed by atoms with Gasteiger partial charge in [0.1, 0.15) is 6.17 Å². The summed E-state index contributed by atoms with van der Waals surface area (Å²) in [5.74, 6) is 0.0382. The molecule has 132 valence electrons. The number of ether oxygens (including phenoxy) is 1. The van der Waals surface area contributed by atoms with Gasteiger partial charge in [0.25, 0.3) is 5.91 Å². The van der Waals surface area contributed by atoms with Crippen molar-refractivity contribution in [2.24, 2.45) is 0 Å². The van der Waals surface area contributed by atoms with Gasteiger partial charge in [0.2, 0.25) is 0 Å². The second kappa shape index (κ2) is 6.89. The Morgan fingerprint density at radius 1 is 1.08 bits per heavy atom. The molecule has 0 aromatic heterocycles. The summed E-state index contributed by atoms with van der Waals surface area (Å²) >= 11 is 0. The number of carbonyl (C=O) groups excluding carboxylic acids is 1. The third-order valence-corrected chi connectivity index (χ3v) is 4.65. The van der Waals surface area contributed by atoms with Gasteiger partial charge in [-0.05, 0) is 28.7 Å². The van der Waals surface area contributed by atoms with Crippen LogP contribution in [-0.4, -0.2) is 31.1 Å². The number of fused-ring (bicyclic) bond motifs is 1. The predicted molar refractivity (Wildman–Crippen MR) is 101 cm³/mol. The standard InChI is InChI=1S/C21H26N2O2/c1-21(2,3)16-11-9-15(10-12-16)19-22-18-8-6-5-7-17(18)20(24)23(19)13-14-25-4/h5-12,19,22H,13-14H2,1-4H3/t19-/m0/s1. The number of methoxy groups -OCH3 is 1. The van der Waals surface area contributed by atoms with Crippen LogP contribution in [0.3, 0.4) is 0 Å². The van der Waals surface area contributed by atoms with Crippen molar-refractivity contribution in [3.05, 3.63) is 65.2 Å². The normalized spacial score (nSPS) is 17.2. The number of anilines is 1. The fourth-order valence-electron chi connectivity index (χ4n) is 3.14. The third-order valence-electron chi connectivity index (χ3n) is 4.65. The number of nitrogens with zero attached hydrogens (tertiary/aromatic N) is 1. The van der Waals surface area contributed by atoms with Crippen molar-refractivity contribution < 1.29 is 9.53 Å². The summed E-state index contributed by atoms with van der Waals surface area (Å²) in [6.45, 7) is 7.65. The molecule has 0 saturated carbocycles. The third kappa shape index (κ3) is 3.54. The van der Waals surface area contributed by atoms with Crippen LogP contribution in [0.5, 0.6) is 0 Å². The monoisotopic (exact) mass is 338 g/mol. The van der Waals surface area contributed by atoms with Crippen molar-refractivity contribution in [2.45, 2.75) is 32.4 Å². The summed E-state index contributed by atoms with van der Waals surface area (Å²) in [6.07, 6.45) is -0.188. The van der Waals surface area contributed by atoms with E-state index in [0.717, 1.165) is 11.3 Å². The average molecular weight is 338 g/mol. The Bertz CT molecular complexity index is 747. The summed E-state index contributed by atoms with van der Waals surface area (Å²) in [4.78, 5) is 14.8. The zero-order valence-corrected chi connectivity index (χ0v) is 15.4. The Hall–Kier alpha value is -2.33. The van der Waals surface area contributed by atoms with Gasteiger partial charge in [0.15, 0.2) is 0 Å². The second-order valence-electron chi connectivity index (χ2n) is 7.46. The molecule has 2 aromatic rings. The van der Waals surface area contributed by atoms with E-state index in [0.29, 0.717) is 18.7 Å². The second-order valence-corrected chi connectivity index (χ2v) is 7.46. The fourth-order valence-corrected chi connectivity index (χ4v) is 3.14. The molecule has 1 aliphatic rings. The van der Waals surface area contributed by atoms with Gasteiger partial charge in [-0.25, -0.2) is 0 Å². The minimum absolute atomic E-state index is 0.0382. The number of rotatable bonds is 4. The molecule has 3 rings (SSSR count). The molecule has 0 spiro atoms. The quantitative estimate of drug-likeness (QED) is 0.908. The van der Waals surface area contributed by atoms with Crippen LogP contribution in [0.4, 0.5) is 5.69 Å². The van der Waals surface area contributed by atoms with E-state index in [1.807, 2.05) is 29.2 Å². The molecule has 0 saturated heterocycles. The molecule has 2 aromatic carbocycles. The van der Waals surface area contributed by atoms with Crippen LogP contribution in [0, 0.1) is 0 Å². The largest absolute Gasteiger partial charge is 0.383 e. The van der Waals surface area contributed by atoms with Crippen molar-refractivity contribution in [3.63, 3.8) is 0 Å². The van der Waals surface area contributed by atoms with Crippen molar-refractivity contribution in [2.75, 3.05) is 25.6 Å². The molecule has 25 heavy (non-hydrogen) atoms. The Morgan fingerprint density at radius 2 is 1.76 bits per heavy atom. The first-order valence-electron chi connectivity index (χ1n) is 8.68. The van der Waals surface area contributed by atoms with Crippen LogP contribution in [0.25, 0.3) is 0 Å². The average Bonchev–Trinajstić information content (AvgIpc) is 2.60. The zero-order valence-electron chi connectivity index (χ0n) is 15.4. The van der Waals surface area contributed by atoms with E-state index in [-0.39, 0.29) is 17.5 Å². The number of benzene rings is 2. The maximum absolute atomic E-state index is 13.0. The number of carbonyl (C=O) groups is 1. The van der Waals surface area contributed by atoms with Gasteiger partial charge in [-0.3, -0.25) is 4.79 Å². The lowest BCUT2D eigenvalue weighted by atomic mass is 9.86. The highest BCUT2D eigenvalue weighted by atomic mass is 16.5. The van der Waals surface area contributed by atoms with Crippen LogP contribution in [0.1, 0.15) is 48.4 Å². The van der Waals surface area contributed by atoms with Gasteiger partial charge in [-0.1, -0.05) is 57.2 Å². The Morgan fingerprint density at radius 3 is 2.40 bits per heavy atom. The van der Waals surface area contributed by atoms with Gasteiger partial charge in [0, 0.05) is 19.3 Å². The number of hydrogen-bond acceptors (Lipinski definition) is 3. The van der Waals surface area contributed by atoms with Crippen LogP contribution >= 0.6 is 0 Å². The van der Waals surface area contributed by atoms with Crippen LogP contribution in [0.2, 0.25) is 0 Å². The van der Waals surface area contributed by atoms with E-state index in [1.165, 1.54) is 5.56 Å². The molecule has 4 heteroatoms. The summed E-state index contributed by atoms with van der Waals surface area (Å²) in [7, 11) is 1.66. The highest BCUT2D eigenvalue weighted by molar-refractivity contribution is 6.01. The van der Waals surface area contributed by atoms with Gasteiger partial charge in [0.05, 0.1) is 12.2 Å². The minimum Gasteiger partial charge on any atom is -0.383 e. The van der Waals surface area contributed by atoms with E-state index >= 15 is 0 Å². The van der Waals surface area contributed by atoms with Crippen molar-refractivity contribution >= 4 is 11.6 Å². The Labute approximate surface area is 149 Å². The lowest BCUT2D eigenvalue weighted by molar-refractivity contribution is 0.0609. The first-order valence-corrected chi connectivity index (χ1v) is 8.68. The molecule has 1 aliphatic heterocycles. The molecule has 1 heterocycles. The van der Waals surface area contributed by atoms with Crippen molar-refractivity contribution in [1.82, 2.24) is 4.90 Å². The molecule has 0 unspecified atom stereocenters. The maximum atomic E-state index is 13.0. The Kier molecular flexibility index (Phi) is 4.82. The summed E-state index contributed by atoms with van der Waals surface area (Å²) < 4.78 is 5.21. The summed E-state index contributed by atoms with van der Waals surface area (Å²) in [5, 5.41) is 3.51. The van der Waals surface area contributed by atoms with Crippen LogP contribution < -0.4 is 5.32 Å².